The van der Waals surface area contributed by atoms with Crippen LogP contribution >= 0.6 is 0 Å². The largest absolute Gasteiger partial charge is 0.418 e. The highest BCUT2D eigenvalue weighted by atomic mass is 32.3. The van der Waals surface area contributed by atoms with Crippen LogP contribution in [0.15, 0.2) is 18.3 Å². The zero-order chi connectivity index (χ0) is 19.2. The molecule has 2 saturated heterocycles. The minimum atomic E-state index is -4.81. The SMILES string of the molecule is O=C(c1ccn(C2=CC3CN(C2)C(=O)N3OS(=O)(=O)O)n1)N1CCOCC1. The van der Waals surface area contributed by atoms with Gasteiger partial charge in [-0.15, -0.1) is 4.28 Å². The summed E-state index contributed by atoms with van der Waals surface area (Å²) < 4.78 is 41.8. The molecule has 3 aliphatic rings. The first-order valence-corrected chi connectivity index (χ1v) is 9.57. The van der Waals surface area contributed by atoms with Gasteiger partial charge in [0, 0.05) is 25.8 Å². The molecule has 13 heteroatoms. The lowest BCUT2D eigenvalue weighted by Crippen LogP contribution is -2.40. The summed E-state index contributed by atoms with van der Waals surface area (Å²) in [6.45, 7) is 2.35. The number of urea groups is 1. The summed E-state index contributed by atoms with van der Waals surface area (Å²) in [5, 5.41) is 4.88. The number of aromatic nitrogens is 2. The van der Waals surface area contributed by atoms with Gasteiger partial charge in [0.15, 0.2) is 5.69 Å². The third kappa shape index (κ3) is 3.53. The molecule has 27 heavy (non-hydrogen) atoms. The Balaban J connectivity index is 1.53. The van der Waals surface area contributed by atoms with Crippen molar-refractivity contribution in [3.63, 3.8) is 0 Å². The second kappa shape index (κ2) is 6.60. The molecule has 1 unspecified atom stereocenters. The van der Waals surface area contributed by atoms with Gasteiger partial charge < -0.3 is 14.5 Å². The maximum absolute atomic E-state index is 12.5. The molecule has 1 atom stereocenters. The Bertz CT molecular complexity index is 905. The van der Waals surface area contributed by atoms with Gasteiger partial charge in [-0.3, -0.25) is 9.35 Å². The predicted molar refractivity (Wildman–Crippen MR) is 88.5 cm³/mol. The van der Waals surface area contributed by atoms with Crippen LogP contribution in [0.1, 0.15) is 10.5 Å². The Kier molecular flexibility index (Phi) is 4.38. The third-order valence-electron chi connectivity index (χ3n) is 4.48. The maximum Gasteiger partial charge on any atom is 0.418 e. The summed E-state index contributed by atoms with van der Waals surface area (Å²) >= 11 is 0. The van der Waals surface area contributed by atoms with Crippen molar-refractivity contribution in [3.05, 3.63) is 24.0 Å². The van der Waals surface area contributed by atoms with Gasteiger partial charge in [0.25, 0.3) is 5.91 Å². The number of rotatable bonds is 4. The Morgan fingerprint density at radius 2 is 2.07 bits per heavy atom. The van der Waals surface area contributed by atoms with E-state index in [1.807, 2.05) is 0 Å². The van der Waals surface area contributed by atoms with Crippen LogP contribution in [0, 0.1) is 0 Å². The van der Waals surface area contributed by atoms with Crippen molar-refractivity contribution >= 4 is 28.0 Å². The van der Waals surface area contributed by atoms with Gasteiger partial charge in [0.1, 0.15) is 6.04 Å². The second-order valence-corrected chi connectivity index (χ2v) is 7.27. The number of hydrogen-bond donors (Lipinski definition) is 1. The maximum atomic E-state index is 12.5. The first-order valence-electron chi connectivity index (χ1n) is 8.21. The number of ether oxygens (including phenoxy) is 1. The van der Waals surface area contributed by atoms with Crippen molar-refractivity contribution in [3.8, 4) is 0 Å². The van der Waals surface area contributed by atoms with Gasteiger partial charge in [-0.25, -0.2) is 9.48 Å². The number of carbonyl (C=O) groups excluding carboxylic acids is 2. The molecule has 1 aromatic heterocycles. The van der Waals surface area contributed by atoms with E-state index in [1.165, 1.54) is 9.58 Å². The molecule has 0 radical (unpaired) electrons. The van der Waals surface area contributed by atoms with E-state index >= 15 is 0 Å². The molecule has 1 aromatic rings. The summed E-state index contributed by atoms with van der Waals surface area (Å²) in [7, 11) is -4.81. The molecule has 3 amide bonds. The monoisotopic (exact) mass is 399 g/mol. The van der Waals surface area contributed by atoms with Gasteiger partial charge in [0.05, 0.1) is 25.5 Å². The fourth-order valence-corrected chi connectivity index (χ4v) is 3.62. The second-order valence-electron chi connectivity index (χ2n) is 6.27. The van der Waals surface area contributed by atoms with Crippen molar-refractivity contribution < 1.29 is 31.6 Å². The Morgan fingerprint density at radius 3 is 2.78 bits per heavy atom. The van der Waals surface area contributed by atoms with Crippen LogP contribution in [0.3, 0.4) is 0 Å². The highest BCUT2D eigenvalue weighted by Crippen LogP contribution is 2.27. The molecule has 2 bridgehead atoms. The molecule has 4 rings (SSSR count). The molecule has 2 fully saturated rings. The van der Waals surface area contributed by atoms with Crippen molar-refractivity contribution in [1.82, 2.24) is 24.6 Å². The fraction of sp³-hybridized carbons (Fsp3) is 0.500. The highest BCUT2D eigenvalue weighted by molar-refractivity contribution is 7.80. The van der Waals surface area contributed by atoms with Gasteiger partial charge in [-0.2, -0.15) is 18.6 Å². The molecular weight excluding hydrogens is 382 g/mol. The minimum absolute atomic E-state index is 0.160. The predicted octanol–water partition coefficient (Wildman–Crippen LogP) is -0.949. The summed E-state index contributed by atoms with van der Waals surface area (Å²) in [6, 6.07) is 0.199. The first kappa shape index (κ1) is 17.9. The van der Waals surface area contributed by atoms with E-state index in [-0.39, 0.29) is 24.7 Å². The lowest BCUT2D eigenvalue weighted by atomic mass is 10.2. The van der Waals surface area contributed by atoms with Crippen molar-refractivity contribution in [2.45, 2.75) is 6.04 Å². The van der Waals surface area contributed by atoms with Gasteiger partial charge in [-0.05, 0) is 12.1 Å². The average Bonchev–Trinajstić information content (AvgIpc) is 3.21. The van der Waals surface area contributed by atoms with E-state index in [0.29, 0.717) is 37.1 Å². The number of nitrogens with zero attached hydrogens (tertiary/aromatic N) is 5. The summed E-state index contributed by atoms with van der Waals surface area (Å²) in [5.41, 5.74) is 0.852. The molecule has 3 aliphatic heterocycles. The van der Waals surface area contributed by atoms with E-state index in [4.69, 9.17) is 9.29 Å². The lowest BCUT2D eigenvalue weighted by molar-refractivity contribution is -0.0183. The summed E-state index contributed by atoms with van der Waals surface area (Å²) in [4.78, 5) is 27.7. The van der Waals surface area contributed by atoms with Gasteiger partial charge in [0.2, 0.25) is 0 Å². The van der Waals surface area contributed by atoms with E-state index < -0.39 is 22.5 Å². The molecule has 0 aliphatic carbocycles. The zero-order valence-corrected chi connectivity index (χ0v) is 14.9. The molecule has 146 valence electrons. The number of carbonyl (C=O) groups is 2. The van der Waals surface area contributed by atoms with Crippen LogP contribution in [-0.4, -0.2) is 95.0 Å². The Hall–Kier alpha value is -2.48. The molecular formula is C14H17N5O7S. The van der Waals surface area contributed by atoms with Crippen LogP contribution in [0.25, 0.3) is 5.70 Å². The fourth-order valence-electron chi connectivity index (χ4n) is 3.25. The third-order valence-corrected chi connectivity index (χ3v) is 4.83. The average molecular weight is 399 g/mol. The topological polar surface area (TPSA) is 135 Å². The summed E-state index contributed by atoms with van der Waals surface area (Å²) in [6.07, 6.45) is 3.21. The van der Waals surface area contributed by atoms with E-state index in [1.54, 1.807) is 23.2 Å². The van der Waals surface area contributed by atoms with Crippen molar-refractivity contribution in [2.75, 3.05) is 39.4 Å². The van der Waals surface area contributed by atoms with Crippen LogP contribution in [0.4, 0.5) is 4.79 Å². The van der Waals surface area contributed by atoms with Gasteiger partial charge in [-0.1, -0.05) is 0 Å². The van der Waals surface area contributed by atoms with E-state index in [0.717, 1.165) is 0 Å². The van der Waals surface area contributed by atoms with Crippen molar-refractivity contribution in [2.24, 2.45) is 0 Å². The summed E-state index contributed by atoms with van der Waals surface area (Å²) in [5.74, 6) is -0.204. The Morgan fingerprint density at radius 1 is 1.33 bits per heavy atom. The van der Waals surface area contributed by atoms with E-state index in [2.05, 4.69) is 9.38 Å². The lowest BCUT2D eigenvalue weighted by Gasteiger charge is -2.26. The molecule has 0 spiro atoms. The molecule has 4 heterocycles. The van der Waals surface area contributed by atoms with E-state index in [9.17, 15) is 18.0 Å². The number of hydrogen-bond acceptors (Lipinski definition) is 7. The smallest absolute Gasteiger partial charge is 0.378 e. The van der Waals surface area contributed by atoms with Crippen LogP contribution < -0.4 is 0 Å². The van der Waals surface area contributed by atoms with Crippen LogP contribution in [-0.2, 0) is 19.4 Å². The number of morpholine rings is 1. The zero-order valence-electron chi connectivity index (χ0n) is 14.1. The Labute approximate surface area is 154 Å². The van der Waals surface area contributed by atoms with Crippen molar-refractivity contribution in [1.29, 1.82) is 0 Å². The molecule has 0 saturated carbocycles. The number of amides is 3. The number of fused-ring (bicyclic) bond motifs is 2. The molecule has 0 aromatic carbocycles. The minimum Gasteiger partial charge on any atom is -0.378 e. The van der Waals surface area contributed by atoms with Crippen LogP contribution in [0.2, 0.25) is 0 Å². The first-order chi connectivity index (χ1) is 12.8. The normalized spacial score (nSPS) is 23.0. The standard InChI is InChI=1S/C14H17N5O7S/c20-13(16-3-5-25-6-4-16)12-1-2-18(15-12)10-7-11-9-17(8-10)14(21)19(11)26-27(22,23)24/h1-2,7,11H,3-6,8-9H2,(H,22,23,24). The molecule has 1 N–H and O–H groups in total. The molecule has 12 nitrogen and oxygen atoms in total. The quantitative estimate of drug-likeness (QED) is 0.641. The van der Waals surface area contributed by atoms with Gasteiger partial charge >= 0.3 is 16.4 Å². The highest BCUT2D eigenvalue weighted by Gasteiger charge is 2.43. The number of hydroxylamine groups is 2. The van der Waals surface area contributed by atoms with Crippen LogP contribution in [0.5, 0.6) is 0 Å².